The second-order valence-corrected chi connectivity index (χ2v) is 4.85. The van der Waals surface area contributed by atoms with Gasteiger partial charge in [0.2, 0.25) is 0 Å². The lowest BCUT2D eigenvalue weighted by molar-refractivity contribution is 0.0945. The number of thiocarbonyl (C=S) groups is 1. The molecule has 0 unspecified atom stereocenters. The first kappa shape index (κ1) is 14.1. The zero-order chi connectivity index (χ0) is 14.5. The smallest absolute Gasteiger partial charge is 0.270 e. The summed E-state index contributed by atoms with van der Waals surface area (Å²) in [6.45, 7) is 2.30. The van der Waals surface area contributed by atoms with Crippen molar-refractivity contribution in [3.05, 3.63) is 65.0 Å². The summed E-state index contributed by atoms with van der Waals surface area (Å²) in [6.07, 6.45) is 1.61. The number of carbonyl (C=O) groups excluding carboxylic acids is 1. The van der Waals surface area contributed by atoms with Gasteiger partial charge in [0.1, 0.15) is 10.7 Å². The highest BCUT2D eigenvalue weighted by Crippen LogP contribution is 2.06. The van der Waals surface area contributed by atoms with E-state index in [4.69, 9.17) is 18.0 Å². The maximum Gasteiger partial charge on any atom is 0.270 e. The molecule has 0 spiro atoms. The van der Waals surface area contributed by atoms with Crippen molar-refractivity contribution in [3.63, 3.8) is 0 Å². The van der Waals surface area contributed by atoms with Crippen molar-refractivity contribution < 1.29 is 4.79 Å². The number of amides is 1. The van der Waals surface area contributed by atoms with Crippen LogP contribution in [0.4, 0.5) is 0 Å². The maximum atomic E-state index is 12.0. The summed E-state index contributed by atoms with van der Waals surface area (Å²) < 4.78 is 0. The van der Waals surface area contributed by atoms with Crippen LogP contribution in [0.1, 0.15) is 27.2 Å². The molecule has 1 heterocycles. The number of hydrogen-bond acceptors (Lipinski definition) is 3. The van der Waals surface area contributed by atoms with E-state index in [-0.39, 0.29) is 5.91 Å². The van der Waals surface area contributed by atoms with Crippen LogP contribution in [0.2, 0.25) is 0 Å². The second-order valence-electron chi connectivity index (χ2n) is 4.41. The number of rotatable bonds is 4. The second kappa shape index (κ2) is 6.25. The van der Waals surface area contributed by atoms with Crippen molar-refractivity contribution in [2.45, 2.75) is 13.5 Å². The predicted molar refractivity (Wildman–Crippen MR) is 82.5 cm³/mol. The van der Waals surface area contributed by atoms with Gasteiger partial charge in [-0.1, -0.05) is 42.5 Å². The Hall–Kier alpha value is -2.27. The van der Waals surface area contributed by atoms with Crippen LogP contribution >= 0.6 is 12.2 Å². The van der Waals surface area contributed by atoms with Crippen molar-refractivity contribution in [2.24, 2.45) is 5.73 Å². The van der Waals surface area contributed by atoms with Crippen LogP contribution in [0.25, 0.3) is 0 Å². The van der Waals surface area contributed by atoms with Crippen LogP contribution in [-0.4, -0.2) is 15.9 Å². The molecule has 1 aromatic heterocycles. The zero-order valence-corrected chi connectivity index (χ0v) is 11.9. The van der Waals surface area contributed by atoms with Crippen molar-refractivity contribution in [2.75, 3.05) is 0 Å². The fourth-order valence-corrected chi connectivity index (χ4v) is 1.91. The summed E-state index contributed by atoms with van der Waals surface area (Å²) in [5.74, 6) is -0.179. The van der Waals surface area contributed by atoms with Gasteiger partial charge < -0.3 is 11.1 Å². The fraction of sp³-hybridized carbons (Fsp3) is 0.133. The third kappa shape index (κ3) is 3.39. The Balaban J connectivity index is 2.00. The van der Waals surface area contributed by atoms with Gasteiger partial charge in [-0.05, 0) is 24.1 Å². The van der Waals surface area contributed by atoms with Gasteiger partial charge in [-0.3, -0.25) is 9.78 Å². The molecule has 0 aliphatic heterocycles. The lowest BCUT2D eigenvalue weighted by atomic mass is 10.1. The Morgan fingerprint density at radius 2 is 2.00 bits per heavy atom. The molecule has 2 rings (SSSR count). The van der Waals surface area contributed by atoms with Gasteiger partial charge in [0.05, 0.1) is 0 Å². The van der Waals surface area contributed by atoms with Crippen LogP contribution in [-0.2, 0) is 6.54 Å². The lowest BCUT2D eigenvalue weighted by Crippen LogP contribution is -2.24. The molecule has 0 radical (unpaired) electrons. The van der Waals surface area contributed by atoms with E-state index >= 15 is 0 Å². The highest BCUT2D eigenvalue weighted by molar-refractivity contribution is 7.80. The highest BCUT2D eigenvalue weighted by Gasteiger charge is 2.09. The molecule has 20 heavy (non-hydrogen) atoms. The third-order valence-corrected chi connectivity index (χ3v) is 3.15. The summed E-state index contributed by atoms with van der Waals surface area (Å²) in [7, 11) is 0. The molecule has 102 valence electrons. The van der Waals surface area contributed by atoms with Gasteiger partial charge in [0, 0.05) is 18.3 Å². The number of aryl methyl sites for hydroxylation is 1. The van der Waals surface area contributed by atoms with Crippen LogP contribution in [0.15, 0.2) is 42.6 Å². The molecule has 0 aliphatic carbocycles. The molecule has 5 heteroatoms. The molecule has 0 saturated heterocycles. The normalized spacial score (nSPS) is 10.1. The molecule has 1 amide bonds. The van der Waals surface area contributed by atoms with Gasteiger partial charge in [-0.2, -0.15) is 0 Å². The van der Waals surface area contributed by atoms with Gasteiger partial charge >= 0.3 is 0 Å². The van der Waals surface area contributed by atoms with Gasteiger partial charge in [-0.25, -0.2) is 0 Å². The van der Waals surface area contributed by atoms with Crippen LogP contribution < -0.4 is 11.1 Å². The van der Waals surface area contributed by atoms with Crippen molar-refractivity contribution in [1.82, 2.24) is 10.3 Å². The Morgan fingerprint density at radius 3 is 2.60 bits per heavy atom. The zero-order valence-electron chi connectivity index (χ0n) is 11.1. The molecule has 3 N–H and O–H groups in total. The molecule has 1 aromatic carbocycles. The molecule has 0 fully saturated rings. The molecule has 0 saturated carbocycles. The number of hydrogen-bond donors (Lipinski definition) is 2. The average molecular weight is 285 g/mol. The topological polar surface area (TPSA) is 68.0 Å². The SMILES string of the molecule is Cc1cccnc1C(=O)NCc1ccc(C(N)=S)cc1. The summed E-state index contributed by atoms with van der Waals surface area (Å²) >= 11 is 4.89. The molecule has 2 aromatic rings. The Morgan fingerprint density at radius 1 is 1.30 bits per heavy atom. The number of benzene rings is 1. The van der Waals surface area contributed by atoms with Crippen molar-refractivity contribution in [1.29, 1.82) is 0 Å². The minimum Gasteiger partial charge on any atom is -0.389 e. The standard InChI is InChI=1S/C15H15N3OS/c1-10-3-2-8-17-13(10)15(19)18-9-11-4-6-12(7-5-11)14(16)20/h2-8H,9H2,1H3,(H2,16,20)(H,18,19). The third-order valence-electron chi connectivity index (χ3n) is 2.92. The van der Waals surface area contributed by atoms with E-state index < -0.39 is 0 Å². The first-order chi connectivity index (χ1) is 9.58. The lowest BCUT2D eigenvalue weighted by Gasteiger charge is -2.07. The minimum absolute atomic E-state index is 0.179. The number of nitrogens with two attached hydrogens (primary N) is 1. The van der Waals surface area contributed by atoms with Gasteiger partial charge in [0.15, 0.2) is 0 Å². The van der Waals surface area contributed by atoms with Crippen LogP contribution in [0.3, 0.4) is 0 Å². The number of nitrogens with zero attached hydrogens (tertiary/aromatic N) is 1. The van der Waals surface area contributed by atoms with Gasteiger partial charge in [-0.15, -0.1) is 0 Å². The number of nitrogens with one attached hydrogen (secondary N) is 1. The average Bonchev–Trinajstić information content (AvgIpc) is 2.45. The number of aromatic nitrogens is 1. The largest absolute Gasteiger partial charge is 0.389 e. The van der Waals surface area contributed by atoms with E-state index in [1.165, 1.54) is 0 Å². The van der Waals surface area contributed by atoms with Gasteiger partial charge in [0.25, 0.3) is 5.91 Å². The molecule has 0 bridgehead atoms. The molecular weight excluding hydrogens is 270 g/mol. The van der Waals surface area contributed by atoms with E-state index in [1.54, 1.807) is 12.3 Å². The molecule has 0 atom stereocenters. The first-order valence-electron chi connectivity index (χ1n) is 6.16. The number of carbonyl (C=O) groups is 1. The van der Waals surface area contributed by atoms with E-state index in [2.05, 4.69) is 10.3 Å². The predicted octanol–water partition coefficient (Wildman–Crippen LogP) is 1.95. The summed E-state index contributed by atoms with van der Waals surface area (Å²) in [5.41, 5.74) is 8.63. The Labute approximate surface area is 123 Å². The summed E-state index contributed by atoms with van der Waals surface area (Å²) in [6, 6.07) is 11.1. The molecular formula is C15H15N3OS. The van der Waals surface area contributed by atoms with E-state index in [0.717, 1.165) is 16.7 Å². The highest BCUT2D eigenvalue weighted by atomic mass is 32.1. The monoisotopic (exact) mass is 285 g/mol. The Bertz CT molecular complexity index is 638. The summed E-state index contributed by atoms with van der Waals surface area (Å²) in [4.78, 5) is 16.4. The van der Waals surface area contributed by atoms with E-state index in [1.807, 2.05) is 37.3 Å². The van der Waals surface area contributed by atoms with E-state index in [9.17, 15) is 4.79 Å². The maximum absolute atomic E-state index is 12.0. The minimum atomic E-state index is -0.179. The van der Waals surface area contributed by atoms with Crippen molar-refractivity contribution >= 4 is 23.1 Å². The van der Waals surface area contributed by atoms with Crippen LogP contribution in [0.5, 0.6) is 0 Å². The first-order valence-corrected chi connectivity index (χ1v) is 6.57. The quantitative estimate of drug-likeness (QED) is 0.843. The Kier molecular flexibility index (Phi) is 4.42. The molecule has 0 aliphatic rings. The molecule has 4 nitrogen and oxygen atoms in total. The summed E-state index contributed by atoms with van der Waals surface area (Å²) in [5, 5.41) is 2.84. The van der Waals surface area contributed by atoms with Crippen molar-refractivity contribution in [3.8, 4) is 0 Å². The van der Waals surface area contributed by atoms with E-state index in [0.29, 0.717) is 17.2 Å². The van der Waals surface area contributed by atoms with Crippen LogP contribution in [0, 0.1) is 6.92 Å². The fourth-order valence-electron chi connectivity index (χ4n) is 1.78. The number of pyridine rings is 1.